The maximum absolute atomic E-state index is 9.06. The lowest BCUT2D eigenvalue weighted by Crippen LogP contribution is -2.04. The zero-order valence-corrected chi connectivity index (χ0v) is 10.0. The van der Waals surface area contributed by atoms with E-state index in [1.807, 2.05) is 24.3 Å². The molecule has 1 amide bonds. The highest BCUT2D eigenvalue weighted by Crippen LogP contribution is 2.26. The van der Waals surface area contributed by atoms with Crippen molar-refractivity contribution in [3.63, 3.8) is 0 Å². The zero-order valence-electron chi connectivity index (χ0n) is 10.0. The molecule has 1 aromatic rings. The average molecular weight is 239 g/mol. The number of nitrogens with one attached hydrogen (secondary N) is 1. The van der Waals surface area contributed by atoms with Crippen molar-refractivity contribution in [2.24, 2.45) is 0 Å². The van der Waals surface area contributed by atoms with E-state index in [2.05, 4.69) is 5.32 Å². The highest BCUT2D eigenvalue weighted by atomic mass is 16.6. The van der Waals surface area contributed by atoms with Crippen LogP contribution in [0.5, 0.6) is 11.5 Å². The Bertz CT molecular complexity index is 339. The van der Waals surface area contributed by atoms with Crippen molar-refractivity contribution in [3.8, 4) is 11.5 Å². The van der Waals surface area contributed by atoms with Crippen LogP contribution in [0.1, 0.15) is 0 Å². The van der Waals surface area contributed by atoms with Gasteiger partial charge in [0.1, 0.15) is 12.7 Å². The van der Waals surface area contributed by atoms with Gasteiger partial charge in [0.15, 0.2) is 11.5 Å². The summed E-state index contributed by atoms with van der Waals surface area (Å²) < 4.78 is 15.7. The molecule has 0 radical (unpaired) electrons. The average Bonchev–Trinajstić information content (AvgIpc) is 3.21. The van der Waals surface area contributed by atoms with Gasteiger partial charge in [-0.3, -0.25) is 4.79 Å². The lowest BCUT2D eigenvalue weighted by molar-refractivity contribution is -0.109. The second-order valence-corrected chi connectivity index (χ2v) is 3.32. The fraction of sp³-hybridized carbons (Fsp3) is 0.417. The molecule has 1 aromatic carbocycles. The molecule has 17 heavy (non-hydrogen) atoms. The Hall–Kier alpha value is -1.75. The summed E-state index contributed by atoms with van der Waals surface area (Å²) in [5.41, 5.74) is 0. The summed E-state index contributed by atoms with van der Waals surface area (Å²) in [6.07, 6.45) is 0.907. The van der Waals surface area contributed by atoms with Gasteiger partial charge in [0.05, 0.1) is 13.7 Å². The number of hydrogen-bond acceptors (Lipinski definition) is 4. The fourth-order valence-electron chi connectivity index (χ4n) is 1.09. The van der Waals surface area contributed by atoms with Gasteiger partial charge in [-0.15, -0.1) is 0 Å². The number of hydrogen-bond donors (Lipinski definition) is 1. The second kappa shape index (κ2) is 7.51. The minimum atomic E-state index is 0.282. The molecule has 94 valence electrons. The Morgan fingerprint density at radius 3 is 2.53 bits per heavy atom. The van der Waals surface area contributed by atoms with Gasteiger partial charge in [-0.05, 0) is 12.1 Å². The predicted octanol–water partition coefficient (Wildman–Crippen LogP) is 0.835. The first kappa shape index (κ1) is 13.3. The van der Waals surface area contributed by atoms with Gasteiger partial charge in [0, 0.05) is 7.05 Å². The SMILES string of the molecule is CNC=O.COc1ccccc1OCC1CO1. The van der Waals surface area contributed by atoms with Crippen molar-refractivity contribution in [3.05, 3.63) is 24.3 Å². The van der Waals surface area contributed by atoms with E-state index < -0.39 is 0 Å². The lowest BCUT2D eigenvalue weighted by atomic mass is 10.3. The number of epoxide rings is 1. The van der Waals surface area contributed by atoms with E-state index in [9.17, 15) is 0 Å². The monoisotopic (exact) mass is 239 g/mol. The quantitative estimate of drug-likeness (QED) is 0.611. The molecule has 1 unspecified atom stereocenters. The summed E-state index contributed by atoms with van der Waals surface area (Å²) in [7, 11) is 3.20. The molecule has 5 nitrogen and oxygen atoms in total. The van der Waals surface area contributed by atoms with E-state index >= 15 is 0 Å². The van der Waals surface area contributed by atoms with E-state index in [1.54, 1.807) is 14.2 Å². The van der Waals surface area contributed by atoms with Crippen LogP contribution in [0.25, 0.3) is 0 Å². The van der Waals surface area contributed by atoms with Crippen molar-refractivity contribution >= 4 is 6.41 Å². The van der Waals surface area contributed by atoms with Crippen LogP contribution < -0.4 is 14.8 Å². The van der Waals surface area contributed by atoms with Crippen LogP contribution in [0.4, 0.5) is 0 Å². The number of ether oxygens (including phenoxy) is 3. The fourth-order valence-corrected chi connectivity index (χ4v) is 1.09. The third-order valence-electron chi connectivity index (χ3n) is 2.01. The normalized spacial score (nSPS) is 16.2. The Morgan fingerprint density at radius 2 is 2.06 bits per heavy atom. The Labute approximate surface area is 101 Å². The van der Waals surface area contributed by atoms with Crippen molar-refractivity contribution in [2.75, 3.05) is 27.4 Å². The molecule has 2 rings (SSSR count). The molecule has 5 heteroatoms. The van der Waals surface area contributed by atoms with Gasteiger partial charge in [0.2, 0.25) is 6.41 Å². The predicted molar refractivity (Wildman–Crippen MR) is 63.4 cm³/mol. The molecule has 0 bridgehead atoms. The lowest BCUT2D eigenvalue weighted by Gasteiger charge is -2.08. The van der Waals surface area contributed by atoms with Crippen LogP contribution in [0.2, 0.25) is 0 Å². The number of amides is 1. The number of methoxy groups -OCH3 is 1. The van der Waals surface area contributed by atoms with Gasteiger partial charge in [-0.2, -0.15) is 0 Å². The van der Waals surface area contributed by atoms with Crippen LogP contribution in [0.15, 0.2) is 24.3 Å². The number of carbonyl (C=O) groups excluding carboxylic acids is 1. The summed E-state index contributed by atoms with van der Waals surface area (Å²) >= 11 is 0. The molecular formula is C12H17NO4. The van der Waals surface area contributed by atoms with Gasteiger partial charge >= 0.3 is 0 Å². The smallest absolute Gasteiger partial charge is 0.206 e. The number of para-hydroxylation sites is 2. The van der Waals surface area contributed by atoms with Gasteiger partial charge in [-0.25, -0.2) is 0 Å². The molecule has 1 fully saturated rings. The topological polar surface area (TPSA) is 60.1 Å². The summed E-state index contributed by atoms with van der Waals surface area (Å²) in [6, 6.07) is 7.61. The first-order valence-electron chi connectivity index (χ1n) is 5.30. The van der Waals surface area contributed by atoms with Crippen LogP contribution in [-0.2, 0) is 9.53 Å². The van der Waals surface area contributed by atoms with E-state index in [0.29, 0.717) is 13.0 Å². The largest absolute Gasteiger partial charge is 0.493 e. The minimum absolute atomic E-state index is 0.282. The van der Waals surface area contributed by atoms with Gasteiger partial charge < -0.3 is 19.5 Å². The number of benzene rings is 1. The molecule has 1 aliphatic rings. The van der Waals surface area contributed by atoms with Crippen LogP contribution in [0.3, 0.4) is 0 Å². The summed E-state index contributed by atoms with van der Waals surface area (Å²) in [6.45, 7) is 1.43. The van der Waals surface area contributed by atoms with E-state index in [-0.39, 0.29) is 6.10 Å². The maximum atomic E-state index is 9.06. The van der Waals surface area contributed by atoms with E-state index in [4.69, 9.17) is 19.0 Å². The van der Waals surface area contributed by atoms with Gasteiger partial charge in [-0.1, -0.05) is 12.1 Å². The first-order valence-corrected chi connectivity index (χ1v) is 5.30. The van der Waals surface area contributed by atoms with Gasteiger partial charge in [0.25, 0.3) is 0 Å². The number of rotatable bonds is 5. The van der Waals surface area contributed by atoms with Crippen LogP contribution in [-0.4, -0.2) is 39.9 Å². The molecule has 1 saturated heterocycles. The molecule has 1 atom stereocenters. The third kappa shape index (κ3) is 5.21. The van der Waals surface area contributed by atoms with Crippen molar-refractivity contribution in [2.45, 2.75) is 6.10 Å². The van der Waals surface area contributed by atoms with Crippen LogP contribution >= 0.6 is 0 Å². The summed E-state index contributed by atoms with van der Waals surface area (Å²) in [5, 5.41) is 2.25. The van der Waals surface area contributed by atoms with Crippen molar-refractivity contribution in [1.82, 2.24) is 5.32 Å². The Morgan fingerprint density at radius 1 is 1.47 bits per heavy atom. The highest BCUT2D eigenvalue weighted by molar-refractivity contribution is 5.44. The molecule has 1 aliphatic heterocycles. The number of carbonyl (C=O) groups is 1. The zero-order chi connectivity index (χ0) is 12.5. The minimum Gasteiger partial charge on any atom is -0.493 e. The van der Waals surface area contributed by atoms with Crippen molar-refractivity contribution < 1.29 is 19.0 Å². The third-order valence-corrected chi connectivity index (χ3v) is 2.01. The molecule has 0 spiro atoms. The van der Waals surface area contributed by atoms with E-state index in [0.717, 1.165) is 18.1 Å². The first-order chi connectivity index (χ1) is 8.31. The molecule has 1 N–H and O–H groups in total. The Balaban J connectivity index is 0.000000317. The maximum Gasteiger partial charge on any atom is 0.206 e. The molecular weight excluding hydrogens is 222 g/mol. The summed E-state index contributed by atoms with van der Waals surface area (Å²) in [4.78, 5) is 9.06. The van der Waals surface area contributed by atoms with E-state index in [1.165, 1.54) is 0 Å². The molecule has 0 aliphatic carbocycles. The standard InChI is InChI=1S/C10H12O3.C2H5NO/c1-11-9-4-2-3-5-10(9)13-7-8-6-12-8;1-3-2-4/h2-5,8H,6-7H2,1H3;2H,1H3,(H,3,4). The Kier molecular flexibility index (Phi) is 5.88. The van der Waals surface area contributed by atoms with Crippen molar-refractivity contribution in [1.29, 1.82) is 0 Å². The molecule has 0 saturated carbocycles. The van der Waals surface area contributed by atoms with Crippen LogP contribution in [0, 0.1) is 0 Å². The molecule has 1 heterocycles. The second-order valence-electron chi connectivity index (χ2n) is 3.32. The summed E-state index contributed by atoms with van der Waals surface area (Å²) in [5.74, 6) is 1.55. The highest BCUT2D eigenvalue weighted by Gasteiger charge is 2.23. The molecule has 0 aromatic heterocycles.